The first kappa shape index (κ1) is 13.4. The lowest BCUT2D eigenvalue weighted by atomic mass is 10.0. The van der Waals surface area contributed by atoms with E-state index < -0.39 is 0 Å². The molecule has 0 bridgehead atoms. The van der Waals surface area contributed by atoms with Crippen LogP contribution in [0.4, 0.5) is 5.69 Å². The second kappa shape index (κ2) is 5.71. The molecule has 1 saturated heterocycles. The van der Waals surface area contributed by atoms with Gasteiger partial charge >= 0.3 is 0 Å². The Hall–Kier alpha value is -1.07. The Morgan fingerprint density at radius 1 is 1.56 bits per heavy atom. The summed E-state index contributed by atoms with van der Waals surface area (Å²) in [6.07, 6.45) is 2.30. The number of carbonyl (C=O) groups excluding carboxylic acids is 1. The number of halogens is 1. The van der Waals surface area contributed by atoms with E-state index in [0.29, 0.717) is 11.6 Å². The molecule has 0 saturated carbocycles. The quantitative estimate of drug-likeness (QED) is 0.894. The van der Waals surface area contributed by atoms with Gasteiger partial charge in [0.1, 0.15) is 0 Å². The Morgan fingerprint density at radius 2 is 2.33 bits per heavy atom. The van der Waals surface area contributed by atoms with Gasteiger partial charge in [-0.1, -0.05) is 15.9 Å². The molecule has 1 atom stereocenters. The van der Waals surface area contributed by atoms with Gasteiger partial charge in [-0.2, -0.15) is 0 Å². The molecule has 2 rings (SSSR count). The average molecular weight is 312 g/mol. The molecular formula is C13H18BrN3O. The highest BCUT2D eigenvalue weighted by Gasteiger charge is 2.21. The number of likely N-dealkylation sites (N-methyl/N-ethyl adjacent to an activating group) is 1. The first-order chi connectivity index (χ1) is 8.59. The van der Waals surface area contributed by atoms with Gasteiger partial charge < -0.3 is 16.0 Å². The molecule has 3 N–H and O–H groups in total. The van der Waals surface area contributed by atoms with Gasteiger partial charge in [0.2, 0.25) is 0 Å². The Morgan fingerprint density at radius 3 is 2.94 bits per heavy atom. The lowest BCUT2D eigenvalue weighted by Gasteiger charge is -2.34. The third kappa shape index (κ3) is 2.84. The third-order valence-corrected chi connectivity index (χ3v) is 3.92. The Bertz CT molecular complexity index is 444. The predicted molar refractivity (Wildman–Crippen MR) is 77.0 cm³/mol. The number of nitrogens with one attached hydrogen (secondary N) is 1. The van der Waals surface area contributed by atoms with Crippen molar-refractivity contribution < 1.29 is 4.79 Å². The topological polar surface area (TPSA) is 58.4 Å². The smallest absolute Gasteiger partial charge is 0.250 e. The van der Waals surface area contributed by atoms with Crippen LogP contribution in [-0.4, -0.2) is 32.1 Å². The van der Waals surface area contributed by atoms with E-state index in [-0.39, 0.29) is 5.91 Å². The van der Waals surface area contributed by atoms with E-state index in [4.69, 9.17) is 5.73 Å². The predicted octanol–water partition coefficient (Wildman–Crippen LogP) is 1.74. The average Bonchev–Trinajstić information content (AvgIpc) is 2.39. The molecule has 1 amide bonds. The molecule has 1 aromatic rings. The number of hydrogen-bond acceptors (Lipinski definition) is 3. The van der Waals surface area contributed by atoms with Crippen LogP contribution in [-0.2, 0) is 0 Å². The summed E-state index contributed by atoms with van der Waals surface area (Å²) in [4.78, 5) is 13.7. The summed E-state index contributed by atoms with van der Waals surface area (Å²) < 4.78 is 0.871. The zero-order valence-electron chi connectivity index (χ0n) is 10.4. The van der Waals surface area contributed by atoms with Crippen LogP contribution in [0.5, 0.6) is 0 Å². The van der Waals surface area contributed by atoms with Gasteiger partial charge in [-0.15, -0.1) is 0 Å². The number of nitrogens with two attached hydrogens (primary N) is 1. The second-order valence-electron chi connectivity index (χ2n) is 4.64. The van der Waals surface area contributed by atoms with Gasteiger partial charge in [-0.05, 0) is 37.6 Å². The standard InChI is InChI=1S/C13H18BrN3O/c1-17(10-3-2-6-16-8-10)12-5-4-9(14)7-11(12)13(15)18/h4-5,7,10,16H,2-3,6,8H2,1H3,(H2,15,18). The van der Waals surface area contributed by atoms with Crippen molar-refractivity contribution in [3.8, 4) is 0 Å². The van der Waals surface area contributed by atoms with Crippen molar-refractivity contribution in [3.63, 3.8) is 0 Å². The summed E-state index contributed by atoms with van der Waals surface area (Å²) in [5.41, 5.74) is 6.92. The van der Waals surface area contributed by atoms with E-state index in [9.17, 15) is 4.79 Å². The Balaban J connectivity index is 2.28. The summed E-state index contributed by atoms with van der Waals surface area (Å²) in [7, 11) is 2.02. The van der Waals surface area contributed by atoms with E-state index in [1.807, 2.05) is 19.2 Å². The number of amides is 1. The lowest BCUT2D eigenvalue weighted by Crippen LogP contribution is -2.44. The highest BCUT2D eigenvalue weighted by atomic mass is 79.9. The second-order valence-corrected chi connectivity index (χ2v) is 5.55. The Kier molecular flexibility index (Phi) is 4.24. The SMILES string of the molecule is CN(c1ccc(Br)cc1C(N)=O)C1CCCNC1. The minimum atomic E-state index is -0.387. The molecule has 0 aliphatic carbocycles. The molecular weight excluding hydrogens is 294 g/mol. The first-order valence-electron chi connectivity index (χ1n) is 6.12. The number of piperidine rings is 1. The molecule has 0 radical (unpaired) electrons. The van der Waals surface area contributed by atoms with Gasteiger partial charge in [0.05, 0.1) is 5.56 Å². The molecule has 5 heteroatoms. The van der Waals surface area contributed by atoms with Crippen molar-refractivity contribution in [3.05, 3.63) is 28.2 Å². The monoisotopic (exact) mass is 311 g/mol. The fourth-order valence-corrected chi connectivity index (χ4v) is 2.73. The molecule has 1 aliphatic rings. The van der Waals surface area contributed by atoms with Crippen LogP contribution in [0.25, 0.3) is 0 Å². The number of rotatable bonds is 3. The van der Waals surface area contributed by atoms with Crippen LogP contribution >= 0.6 is 15.9 Å². The van der Waals surface area contributed by atoms with Crippen LogP contribution in [0.1, 0.15) is 23.2 Å². The summed E-state index contributed by atoms with van der Waals surface area (Å²) in [6, 6.07) is 6.08. The number of nitrogens with zero attached hydrogens (tertiary/aromatic N) is 1. The molecule has 0 aromatic heterocycles. The number of carbonyl (C=O) groups is 1. The van der Waals surface area contributed by atoms with Gasteiger partial charge in [0.25, 0.3) is 5.91 Å². The largest absolute Gasteiger partial charge is 0.370 e. The van der Waals surface area contributed by atoms with Crippen LogP contribution in [0.15, 0.2) is 22.7 Å². The van der Waals surface area contributed by atoms with Crippen LogP contribution in [0.3, 0.4) is 0 Å². The van der Waals surface area contributed by atoms with Gasteiger partial charge in [-0.25, -0.2) is 0 Å². The van der Waals surface area contributed by atoms with Crippen molar-refractivity contribution in [2.75, 3.05) is 25.0 Å². The van der Waals surface area contributed by atoms with Gasteiger partial charge in [0, 0.05) is 29.8 Å². The number of primary amides is 1. The lowest BCUT2D eigenvalue weighted by molar-refractivity contribution is 0.100. The zero-order chi connectivity index (χ0) is 13.1. The van der Waals surface area contributed by atoms with Crippen molar-refractivity contribution in [2.24, 2.45) is 5.73 Å². The number of anilines is 1. The molecule has 1 aliphatic heterocycles. The molecule has 4 nitrogen and oxygen atoms in total. The molecule has 0 spiro atoms. The maximum Gasteiger partial charge on any atom is 0.250 e. The first-order valence-corrected chi connectivity index (χ1v) is 6.92. The van der Waals surface area contributed by atoms with Crippen LogP contribution < -0.4 is 16.0 Å². The normalized spacial score (nSPS) is 19.6. The van der Waals surface area contributed by atoms with E-state index in [1.54, 1.807) is 6.07 Å². The van der Waals surface area contributed by atoms with E-state index >= 15 is 0 Å². The molecule has 1 aromatic carbocycles. The van der Waals surface area contributed by atoms with Crippen LogP contribution in [0, 0.1) is 0 Å². The summed E-state index contributed by atoms with van der Waals surface area (Å²) in [5.74, 6) is -0.387. The highest BCUT2D eigenvalue weighted by molar-refractivity contribution is 9.10. The van der Waals surface area contributed by atoms with Crippen molar-refractivity contribution >= 4 is 27.5 Å². The summed E-state index contributed by atoms with van der Waals surface area (Å²) in [5, 5.41) is 3.38. The molecule has 1 fully saturated rings. The fourth-order valence-electron chi connectivity index (χ4n) is 2.37. The maximum atomic E-state index is 11.5. The van der Waals surface area contributed by atoms with E-state index in [2.05, 4.69) is 26.1 Å². The summed E-state index contributed by atoms with van der Waals surface area (Å²) in [6.45, 7) is 2.03. The Labute approximate surface area is 116 Å². The van der Waals surface area contributed by atoms with Gasteiger partial charge in [-0.3, -0.25) is 4.79 Å². The van der Waals surface area contributed by atoms with Crippen molar-refractivity contribution in [1.29, 1.82) is 0 Å². The fraction of sp³-hybridized carbons (Fsp3) is 0.462. The molecule has 98 valence electrons. The van der Waals surface area contributed by atoms with E-state index in [0.717, 1.165) is 36.1 Å². The maximum absolute atomic E-state index is 11.5. The minimum absolute atomic E-state index is 0.387. The minimum Gasteiger partial charge on any atom is -0.370 e. The van der Waals surface area contributed by atoms with Gasteiger partial charge in [0.15, 0.2) is 0 Å². The van der Waals surface area contributed by atoms with Crippen LogP contribution in [0.2, 0.25) is 0 Å². The van der Waals surface area contributed by atoms with Crippen molar-refractivity contribution in [2.45, 2.75) is 18.9 Å². The number of hydrogen-bond donors (Lipinski definition) is 2. The highest BCUT2D eigenvalue weighted by Crippen LogP contribution is 2.26. The summed E-state index contributed by atoms with van der Waals surface area (Å²) >= 11 is 3.37. The third-order valence-electron chi connectivity index (χ3n) is 3.42. The zero-order valence-corrected chi connectivity index (χ0v) is 12.0. The molecule has 1 heterocycles. The number of benzene rings is 1. The molecule has 1 unspecified atom stereocenters. The van der Waals surface area contributed by atoms with E-state index in [1.165, 1.54) is 0 Å². The van der Waals surface area contributed by atoms with Crippen molar-refractivity contribution in [1.82, 2.24) is 5.32 Å². The molecule has 18 heavy (non-hydrogen) atoms.